The summed E-state index contributed by atoms with van der Waals surface area (Å²) in [5.41, 5.74) is 2.14. The van der Waals surface area contributed by atoms with E-state index in [1.165, 1.54) is 0 Å². The third kappa shape index (κ3) is 3.95. The van der Waals surface area contributed by atoms with Gasteiger partial charge in [0.15, 0.2) is 5.69 Å². The molecular weight excluding hydrogens is 370 g/mol. The van der Waals surface area contributed by atoms with Gasteiger partial charge in [-0.3, -0.25) is 4.79 Å². The molecular formula is C18H20ClN5OS. The molecule has 8 heteroatoms. The lowest BCUT2D eigenvalue weighted by Gasteiger charge is -2.22. The summed E-state index contributed by atoms with van der Waals surface area (Å²) in [4.78, 5) is 13.7. The molecule has 26 heavy (non-hydrogen) atoms. The fraction of sp³-hybridized carbons (Fsp3) is 0.278. The second-order valence-electron chi connectivity index (χ2n) is 6.04. The van der Waals surface area contributed by atoms with Crippen molar-refractivity contribution < 1.29 is 4.79 Å². The van der Waals surface area contributed by atoms with Crippen molar-refractivity contribution >= 4 is 35.3 Å². The molecule has 0 radical (unpaired) electrons. The Bertz CT molecular complexity index is 858. The van der Waals surface area contributed by atoms with Crippen molar-refractivity contribution in [2.24, 2.45) is 0 Å². The third-order valence-electron chi connectivity index (χ3n) is 4.39. The number of hydrogen-bond donors (Lipinski definition) is 2. The van der Waals surface area contributed by atoms with Gasteiger partial charge in [-0.1, -0.05) is 29.5 Å². The maximum atomic E-state index is 12.6. The lowest BCUT2D eigenvalue weighted by molar-refractivity contribution is 0.102. The summed E-state index contributed by atoms with van der Waals surface area (Å²) in [6.07, 6.45) is 3.76. The van der Waals surface area contributed by atoms with Crippen molar-refractivity contribution in [2.75, 3.05) is 18.4 Å². The summed E-state index contributed by atoms with van der Waals surface area (Å²) < 4.78 is 1.82. The van der Waals surface area contributed by atoms with Gasteiger partial charge in [-0.15, -0.1) is 28.8 Å². The van der Waals surface area contributed by atoms with E-state index in [1.807, 2.05) is 46.5 Å². The van der Waals surface area contributed by atoms with Crippen LogP contribution in [0.15, 0.2) is 48.0 Å². The molecule has 4 rings (SSSR count). The van der Waals surface area contributed by atoms with Crippen molar-refractivity contribution in [3.63, 3.8) is 0 Å². The molecule has 1 fully saturated rings. The van der Waals surface area contributed by atoms with Crippen LogP contribution in [0.4, 0.5) is 5.69 Å². The molecule has 1 aliphatic heterocycles. The SMILES string of the molecule is Cl.O=C(Nc1ccccc1-c1cccs1)c1cn(C2CCNCC2)nn1. The van der Waals surface area contributed by atoms with E-state index in [-0.39, 0.29) is 18.3 Å². The Labute approximate surface area is 162 Å². The Morgan fingerprint density at radius 2 is 2.00 bits per heavy atom. The van der Waals surface area contributed by atoms with Gasteiger partial charge in [0, 0.05) is 16.1 Å². The molecule has 1 saturated heterocycles. The second-order valence-corrected chi connectivity index (χ2v) is 6.99. The van der Waals surface area contributed by atoms with Crippen molar-refractivity contribution in [3.8, 4) is 10.4 Å². The van der Waals surface area contributed by atoms with Gasteiger partial charge in [0.05, 0.1) is 12.2 Å². The first-order chi connectivity index (χ1) is 12.3. The van der Waals surface area contributed by atoms with Gasteiger partial charge in [-0.25, -0.2) is 4.68 Å². The fourth-order valence-electron chi connectivity index (χ4n) is 3.06. The molecule has 6 nitrogen and oxygen atoms in total. The summed E-state index contributed by atoms with van der Waals surface area (Å²) in [6, 6.07) is 12.2. The number of carbonyl (C=O) groups is 1. The summed E-state index contributed by atoms with van der Waals surface area (Å²) in [6.45, 7) is 1.94. The monoisotopic (exact) mass is 389 g/mol. The standard InChI is InChI=1S/C18H19N5OS.ClH/c24-18(16-12-23(22-21-16)13-7-9-19-10-8-13)20-15-5-2-1-4-14(15)17-6-3-11-25-17;/h1-6,11-13,19H,7-10H2,(H,20,24);1H. The minimum atomic E-state index is -0.232. The Morgan fingerprint density at radius 3 is 2.77 bits per heavy atom. The number of halogens is 1. The maximum Gasteiger partial charge on any atom is 0.277 e. The predicted molar refractivity (Wildman–Crippen MR) is 106 cm³/mol. The average molecular weight is 390 g/mol. The van der Waals surface area contributed by atoms with Crippen LogP contribution in [0.2, 0.25) is 0 Å². The third-order valence-corrected chi connectivity index (χ3v) is 5.29. The molecule has 0 unspecified atom stereocenters. The zero-order valence-electron chi connectivity index (χ0n) is 14.1. The summed E-state index contributed by atoms with van der Waals surface area (Å²) in [5, 5.41) is 16.5. The number of amides is 1. The number of carbonyl (C=O) groups excluding carboxylic acids is 1. The first kappa shape index (κ1) is 18.6. The van der Waals surface area contributed by atoms with E-state index in [2.05, 4.69) is 20.9 Å². The Morgan fingerprint density at radius 1 is 1.19 bits per heavy atom. The average Bonchev–Trinajstić information content (AvgIpc) is 3.35. The summed E-state index contributed by atoms with van der Waals surface area (Å²) in [7, 11) is 0. The van der Waals surface area contributed by atoms with Crippen LogP contribution in [0.25, 0.3) is 10.4 Å². The summed E-state index contributed by atoms with van der Waals surface area (Å²) >= 11 is 1.65. The van der Waals surface area contributed by atoms with Gasteiger partial charge < -0.3 is 10.6 Å². The number of benzene rings is 1. The number of anilines is 1. The normalized spacial score (nSPS) is 14.6. The van der Waals surface area contributed by atoms with E-state index in [1.54, 1.807) is 17.5 Å². The van der Waals surface area contributed by atoms with E-state index < -0.39 is 0 Å². The highest BCUT2D eigenvalue weighted by Crippen LogP contribution is 2.31. The predicted octanol–water partition coefficient (Wildman–Crippen LogP) is 3.61. The molecule has 3 aromatic rings. The Balaban J connectivity index is 0.00000196. The van der Waals surface area contributed by atoms with Crippen LogP contribution in [0.5, 0.6) is 0 Å². The maximum absolute atomic E-state index is 12.6. The van der Waals surface area contributed by atoms with Crippen LogP contribution in [0.1, 0.15) is 29.4 Å². The van der Waals surface area contributed by atoms with Crippen LogP contribution in [0.3, 0.4) is 0 Å². The Kier molecular flexibility index (Phi) is 6.03. The molecule has 0 spiro atoms. The number of nitrogens with zero attached hydrogens (tertiary/aromatic N) is 3. The van der Waals surface area contributed by atoms with Gasteiger partial charge in [-0.2, -0.15) is 0 Å². The summed E-state index contributed by atoms with van der Waals surface area (Å²) in [5.74, 6) is -0.232. The molecule has 1 aliphatic rings. The quantitative estimate of drug-likeness (QED) is 0.715. The number of nitrogens with one attached hydrogen (secondary N) is 2. The highest BCUT2D eigenvalue weighted by molar-refractivity contribution is 7.13. The smallest absolute Gasteiger partial charge is 0.277 e. The fourth-order valence-corrected chi connectivity index (χ4v) is 3.82. The van der Waals surface area contributed by atoms with Crippen LogP contribution in [0, 0.1) is 0 Å². The first-order valence-electron chi connectivity index (χ1n) is 8.38. The number of piperidine rings is 1. The van der Waals surface area contributed by atoms with Crippen molar-refractivity contribution in [1.29, 1.82) is 0 Å². The first-order valence-corrected chi connectivity index (χ1v) is 9.26. The number of para-hydroxylation sites is 1. The van der Waals surface area contributed by atoms with E-state index in [0.717, 1.165) is 42.1 Å². The lowest BCUT2D eigenvalue weighted by atomic mass is 10.1. The van der Waals surface area contributed by atoms with Crippen LogP contribution < -0.4 is 10.6 Å². The van der Waals surface area contributed by atoms with Crippen LogP contribution in [-0.4, -0.2) is 34.0 Å². The van der Waals surface area contributed by atoms with Crippen molar-refractivity contribution in [3.05, 3.63) is 53.7 Å². The topological polar surface area (TPSA) is 71.8 Å². The molecule has 2 N–H and O–H groups in total. The van der Waals surface area contributed by atoms with E-state index in [4.69, 9.17) is 0 Å². The van der Waals surface area contributed by atoms with Crippen LogP contribution in [-0.2, 0) is 0 Å². The molecule has 0 bridgehead atoms. The highest BCUT2D eigenvalue weighted by atomic mass is 35.5. The zero-order valence-corrected chi connectivity index (χ0v) is 15.7. The number of rotatable bonds is 4. The molecule has 2 aromatic heterocycles. The zero-order chi connectivity index (χ0) is 17.1. The van der Waals surface area contributed by atoms with Crippen molar-refractivity contribution in [2.45, 2.75) is 18.9 Å². The molecule has 0 saturated carbocycles. The van der Waals surface area contributed by atoms with Gasteiger partial charge >= 0.3 is 0 Å². The molecule has 136 valence electrons. The van der Waals surface area contributed by atoms with Gasteiger partial charge in [0.1, 0.15) is 0 Å². The van der Waals surface area contributed by atoms with E-state index in [0.29, 0.717) is 11.7 Å². The highest BCUT2D eigenvalue weighted by Gasteiger charge is 2.19. The number of aromatic nitrogens is 3. The van der Waals surface area contributed by atoms with E-state index >= 15 is 0 Å². The minimum absolute atomic E-state index is 0. The molecule has 1 amide bonds. The van der Waals surface area contributed by atoms with Crippen LogP contribution >= 0.6 is 23.7 Å². The van der Waals surface area contributed by atoms with Gasteiger partial charge in [0.2, 0.25) is 0 Å². The second kappa shape index (κ2) is 8.44. The van der Waals surface area contributed by atoms with Gasteiger partial charge in [-0.05, 0) is 43.4 Å². The minimum Gasteiger partial charge on any atom is -0.320 e. The molecule has 0 atom stereocenters. The largest absolute Gasteiger partial charge is 0.320 e. The van der Waals surface area contributed by atoms with E-state index in [9.17, 15) is 4.79 Å². The van der Waals surface area contributed by atoms with Crippen molar-refractivity contribution in [1.82, 2.24) is 20.3 Å². The lowest BCUT2D eigenvalue weighted by Crippen LogP contribution is -2.29. The molecule has 0 aliphatic carbocycles. The molecule has 1 aromatic carbocycles. The molecule has 3 heterocycles. The number of thiophene rings is 1. The Hall–Kier alpha value is -2.22. The number of hydrogen-bond acceptors (Lipinski definition) is 5. The van der Waals surface area contributed by atoms with Gasteiger partial charge in [0.25, 0.3) is 5.91 Å².